The molecule has 0 aliphatic carbocycles. The molecule has 0 aliphatic rings. The molecule has 0 radical (unpaired) electrons. The highest BCUT2D eigenvalue weighted by Gasteiger charge is 2.14. The number of hydrogen-bond donors (Lipinski definition) is 1. The summed E-state index contributed by atoms with van der Waals surface area (Å²) in [5.41, 5.74) is 0. The first-order valence-corrected chi connectivity index (χ1v) is 9.55. The molecule has 2 unspecified atom stereocenters. The van der Waals surface area contributed by atoms with Crippen LogP contribution in [-0.2, 0) is 15.6 Å². The van der Waals surface area contributed by atoms with Crippen molar-refractivity contribution in [2.75, 3.05) is 5.75 Å². The zero-order chi connectivity index (χ0) is 15.2. The summed E-state index contributed by atoms with van der Waals surface area (Å²) < 4.78 is 11.8. The van der Waals surface area contributed by atoms with Gasteiger partial charge in [-0.3, -0.25) is 9.00 Å². The number of hydrogen-bond acceptors (Lipinski definition) is 2. The third-order valence-electron chi connectivity index (χ3n) is 3.61. The summed E-state index contributed by atoms with van der Waals surface area (Å²) in [6.07, 6.45) is 12.7. The second-order valence-electron chi connectivity index (χ2n) is 5.68. The van der Waals surface area contributed by atoms with Crippen LogP contribution in [0.3, 0.4) is 0 Å². The van der Waals surface area contributed by atoms with E-state index in [0.717, 1.165) is 12.8 Å². The highest BCUT2D eigenvalue weighted by molar-refractivity contribution is 7.85. The second kappa shape index (κ2) is 13.6. The van der Waals surface area contributed by atoms with Crippen LogP contribution < -0.4 is 0 Å². The molecule has 0 amide bonds. The van der Waals surface area contributed by atoms with Crippen molar-refractivity contribution in [3.05, 3.63) is 0 Å². The van der Waals surface area contributed by atoms with E-state index in [2.05, 4.69) is 6.92 Å². The molecule has 0 saturated heterocycles. The van der Waals surface area contributed by atoms with Gasteiger partial charge >= 0.3 is 5.97 Å². The maximum Gasteiger partial charge on any atom is 0.304 e. The molecule has 0 aromatic carbocycles. The van der Waals surface area contributed by atoms with Gasteiger partial charge in [0.15, 0.2) is 0 Å². The zero-order valence-corrected chi connectivity index (χ0v) is 14.1. The molecule has 0 fully saturated rings. The minimum atomic E-state index is -0.979. The Morgan fingerprint density at radius 3 is 1.85 bits per heavy atom. The van der Waals surface area contributed by atoms with E-state index in [1.54, 1.807) is 6.92 Å². The molecule has 4 heteroatoms. The summed E-state index contributed by atoms with van der Waals surface area (Å²) in [5, 5.41) is 8.43. The van der Waals surface area contributed by atoms with E-state index in [-0.39, 0.29) is 11.7 Å². The van der Waals surface area contributed by atoms with E-state index in [1.165, 1.54) is 51.4 Å². The fraction of sp³-hybridized carbons (Fsp3) is 0.938. The van der Waals surface area contributed by atoms with E-state index in [1.807, 2.05) is 0 Å². The molecule has 120 valence electrons. The van der Waals surface area contributed by atoms with Gasteiger partial charge in [-0.1, -0.05) is 71.6 Å². The summed E-state index contributed by atoms with van der Waals surface area (Å²) in [4.78, 5) is 10.5. The lowest BCUT2D eigenvalue weighted by Crippen LogP contribution is -2.18. The topological polar surface area (TPSA) is 54.4 Å². The van der Waals surface area contributed by atoms with Crippen LogP contribution in [0.15, 0.2) is 0 Å². The van der Waals surface area contributed by atoms with Gasteiger partial charge in [-0.25, -0.2) is 0 Å². The van der Waals surface area contributed by atoms with Gasteiger partial charge < -0.3 is 5.11 Å². The molecule has 2 atom stereocenters. The quantitative estimate of drug-likeness (QED) is 0.480. The second-order valence-corrected chi connectivity index (χ2v) is 7.65. The van der Waals surface area contributed by atoms with Crippen molar-refractivity contribution >= 4 is 16.8 Å². The molecule has 0 saturated carbocycles. The van der Waals surface area contributed by atoms with E-state index >= 15 is 0 Å². The standard InChI is InChI=1S/C16H32O3S/c1-3-4-5-6-7-8-9-10-11-12-13-20(19)15(2)14-16(17)18/h15H,3-14H2,1-2H3,(H,17,18). The molecular formula is C16H32O3S. The summed E-state index contributed by atoms with van der Waals surface area (Å²) in [7, 11) is -0.979. The highest BCUT2D eigenvalue weighted by atomic mass is 32.2. The highest BCUT2D eigenvalue weighted by Crippen LogP contribution is 2.11. The minimum Gasteiger partial charge on any atom is -0.481 e. The Bertz CT molecular complexity index is 266. The van der Waals surface area contributed by atoms with Gasteiger partial charge in [-0.05, 0) is 6.42 Å². The maximum atomic E-state index is 11.8. The smallest absolute Gasteiger partial charge is 0.304 e. The van der Waals surface area contributed by atoms with Crippen LogP contribution in [0.2, 0.25) is 0 Å². The average Bonchev–Trinajstić information content (AvgIpc) is 2.39. The van der Waals surface area contributed by atoms with Crippen LogP contribution in [0, 0.1) is 0 Å². The number of carboxylic acid groups (broad SMARTS) is 1. The van der Waals surface area contributed by atoms with Crippen LogP contribution in [0.1, 0.15) is 84.5 Å². The summed E-state index contributed by atoms with van der Waals surface area (Å²) in [6, 6.07) is 0. The SMILES string of the molecule is CCCCCCCCCCCCS(=O)C(C)CC(=O)O. The predicted molar refractivity (Wildman–Crippen MR) is 86.6 cm³/mol. The Hall–Kier alpha value is -0.380. The molecule has 0 aromatic heterocycles. The molecule has 0 bridgehead atoms. The summed E-state index contributed by atoms with van der Waals surface area (Å²) in [5.74, 6) is -0.195. The van der Waals surface area contributed by atoms with Crippen molar-refractivity contribution in [1.82, 2.24) is 0 Å². The molecule has 0 aliphatic heterocycles. The maximum absolute atomic E-state index is 11.8. The van der Waals surface area contributed by atoms with E-state index < -0.39 is 16.8 Å². The Morgan fingerprint density at radius 1 is 0.950 bits per heavy atom. The van der Waals surface area contributed by atoms with E-state index in [4.69, 9.17) is 5.11 Å². The van der Waals surface area contributed by atoms with Crippen molar-refractivity contribution in [2.24, 2.45) is 0 Å². The number of carboxylic acids is 1. The van der Waals surface area contributed by atoms with Gasteiger partial charge in [0.05, 0.1) is 6.42 Å². The molecular weight excluding hydrogens is 272 g/mol. The van der Waals surface area contributed by atoms with Crippen molar-refractivity contribution in [3.8, 4) is 0 Å². The molecule has 0 rings (SSSR count). The first-order chi connectivity index (χ1) is 9.57. The minimum absolute atomic E-state index is 0.0182. The van der Waals surface area contributed by atoms with Crippen molar-refractivity contribution in [2.45, 2.75) is 89.7 Å². The van der Waals surface area contributed by atoms with Crippen LogP contribution in [0.4, 0.5) is 0 Å². The molecule has 20 heavy (non-hydrogen) atoms. The van der Waals surface area contributed by atoms with Gasteiger partial charge in [0, 0.05) is 21.8 Å². The molecule has 3 nitrogen and oxygen atoms in total. The molecule has 0 aromatic rings. The average molecular weight is 304 g/mol. The summed E-state index contributed by atoms with van der Waals surface area (Å²) in [6.45, 7) is 4.00. The van der Waals surface area contributed by atoms with Crippen LogP contribution in [-0.4, -0.2) is 26.3 Å². The van der Waals surface area contributed by atoms with Gasteiger partial charge in [-0.15, -0.1) is 0 Å². The van der Waals surface area contributed by atoms with Gasteiger partial charge in [0.2, 0.25) is 0 Å². The molecule has 1 N–H and O–H groups in total. The predicted octanol–water partition coefficient (Wildman–Crippen LogP) is 4.52. The fourth-order valence-electron chi connectivity index (χ4n) is 2.27. The third-order valence-corrected chi connectivity index (χ3v) is 5.37. The number of carbonyl (C=O) groups is 1. The number of rotatable bonds is 14. The largest absolute Gasteiger partial charge is 0.481 e. The van der Waals surface area contributed by atoms with E-state index in [9.17, 15) is 9.00 Å². The van der Waals surface area contributed by atoms with Gasteiger partial charge in [-0.2, -0.15) is 0 Å². The van der Waals surface area contributed by atoms with Gasteiger partial charge in [0.1, 0.15) is 0 Å². The fourth-order valence-corrected chi connectivity index (χ4v) is 3.49. The molecule has 0 heterocycles. The molecule has 0 spiro atoms. The van der Waals surface area contributed by atoms with Crippen molar-refractivity contribution in [1.29, 1.82) is 0 Å². The lowest BCUT2D eigenvalue weighted by atomic mass is 10.1. The van der Waals surface area contributed by atoms with Crippen LogP contribution in [0.5, 0.6) is 0 Å². The Morgan fingerprint density at radius 2 is 1.40 bits per heavy atom. The zero-order valence-electron chi connectivity index (χ0n) is 13.2. The van der Waals surface area contributed by atoms with Gasteiger partial charge in [0.25, 0.3) is 0 Å². The monoisotopic (exact) mass is 304 g/mol. The first-order valence-electron chi connectivity index (χ1n) is 8.17. The Balaban J connectivity index is 3.31. The first kappa shape index (κ1) is 19.6. The Labute approximate surface area is 127 Å². The number of unbranched alkanes of at least 4 members (excludes halogenated alkanes) is 9. The lowest BCUT2D eigenvalue weighted by Gasteiger charge is -2.08. The number of aliphatic carboxylic acids is 1. The normalized spacial score (nSPS) is 14.1. The van der Waals surface area contributed by atoms with Crippen molar-refractivity contribution < 1.29 is 14.1 Å². The van der Waals surface area contributed by atoms with E-state index in [0.29, 0.717) is 5.75 Å². The lowest BCUT2D eigenvalue weighted by molar-refractivity contribution is -0.136. The third kappa shape index (κ3) is 12.6. The van der Waals surface area contributed by atoms with Crippen LogP contribution >= 0.6 is 0 Å². The Kier molecular flexibility index (Phi) is 13.3. The van der Waals surface area contributed by atoms with Crippen LogP contribution in [0.25, 0.3) is 0 Å². The summed E-state index contributed by atoms with van der Waals surface area (Å²) >= 11 is 0. The van der Waals surface area contributed by atoms with Crippen molar-refractivity contribution in [3.63, 3.8) is 0 Å².